The van der Waals surface area contributed by atoms with Crippen molar-refractivity contribution in [2.24, 2.45) is 0 Å². The Kier molecular flexibility index (Phi) is 35.8. The van der Waals surface area contributed by atoms with Gasteiger partial charge in [-0.2, -0.15) is 0 Å². The topological polar surface area (TPSA) is 154 Å². The number of carbonyl (C=O) groups excluding carboxylic acids is 2. The van der Waals surface area contributed by atoms with E-state index in [1.807, 2.05) is 0 Å². The molecule has 0 heterocycles. The van der Waals surface area contributed by atoms with E-state index >= 15 is 0 Å². The normalized spacial score (nSPS) is 11.1. The molecule has 270 valence electrons. The molecule has 0 aliphatic heterocycles. The van der Waals surface area contributed by atoms with Crippen molar-refractivity contribution in [3.8, 4) is 0 Å². The van der Waals surface area contributed by atoms with Crippen LogP contribution in [0.3, 0.4) is 0 Å². The lowest BCUT2D eigenvalue weighted by Crippen LogP contribution is -2.16. The average Bonchev–Trinajstić information content (AvgIpc) is 3.05. The Morgan fingerprint density at radius 3 is 0.783 bits per heavy atom. The lowest BCUT2D eigenvalue weighted by Gasteiger charge is -2.09. The van der Waals surface area contributed by atoms with Crippen molar-refractivity contribution >= 4 is 11.9 Å². The first kappa shape index (κ1) is 44.0. The second-order valence-electron chi connectivity index (χ2n) is 9.02. The number of ether oxygens (including phenoxy) is 13. The zero-order valence-corrected chi connectivity index (χ0v) is 27.6. The lowest BCUT2D eigenvalue weighted by atomic mass is 10.4. The molecule has 46 heavy (non-hydrogen) atoms. The molecular formula is C31H56O15. The molecule has 0 amide bonds. The molecule has 0 saturated heterocycles. The molecule has 0 aliphatic rings. The van der Waals surface area contributed by atoms with Gasteiger partial charge in [-0.3, -0.25) is 0 Å². The molecule has 0 saturated carbocycles. The van der Waals surface area contributed by atoms with Crippen molar-refractivity contribution in [1.29, 1.82) is 0 Å². The van der Waals surface area contributed by atoms with E-state index in [2.05, 4.69) is 13.2 Å². The summed E-state index contributed by atoms with van der Waals surface area (Å²) in [5.41, 5.74) is 0.366. The highest BCUT2D eigenvalue weighted by Crippen LogP contribution is 1.92. The summed E-state index contributed by atoms with van der Waals surface area (Å²) < 4.78 is 69.1. The van der Waals surface area contributed by atoms with Gasteiger partial charge in [-0.1, -0.05) is 13.2 Å². The lowest BCUT2D eigenvalue weighted by molar-refractivity contribution is -0.141. The number of rotatable bonds is 38. The smallest absolute Gasteiger partial charge is 0.333 e. The predicted molar refractivity (Wildman–Crippen MR) is 166 cm³/mol. The van der Waals surface area contributed by atoms with Crippen LogP contribution >= 0.6 is 0 Å². The van der Waals surface area contributed by atoms with Gasteiger partial charge in [0.15, 0.2) is 0 Å². The molecule has 0 N–H and O–H groups in total. The predicted octanol–water partition coefficient (Wildman–Crippen LogP) is 1.02. The van der Waals surface area contributed by atoms with Crippen LogP contribution in [0.2, 0.25) is 0 Å². The summed E-state index contributed by atoms with van der Waals surface area (Å²) in [4.78, 5) is 22.0. The van der Waals surface area contributed by atoms with Crippen LogP contribution in [-0.4, -0.2) is 171 Å². The van der Waals surface area contributed by atoms with Crippen LogP contribution in [0.1, 0.15) is 6.92 Å². The molecule has 0 atom stereocenters. The van der Waals surface area contributed by atoms with Crippen molar-refractivity contribution in [3.05, 3.63) is 24.8 Å². The third kappa shape index (κ3) is 36.4. The summed E-state index contributed by atoms with van der Waals surface area (Å²) in [6.45, 7) is 18.8. The zero-order chi connectivity index (χ0) is 33.6. The van der Waals surface area contributed by atoms with Gasteiger partial charge < -0.3 is 61.6 Å². The third-order valence-corrected chi connectivity index (χ3v) is 5.17. The number of esters is 2. The first-order valence-electron chi connectivity index (χ1n) is 15.5. The van der Waals surface area contributed by atoms with Crippen molar-refractivity contribution in [2.75, 3.05) is 159 Å². The van der Waals surface area contributed by atoms with Crippen molar-refractivity contribution in [1.82, 2.24) is 0 Å². The third-order valence-electron chi connectivity index (χ3n) is 5.17. The van der Waals surface area contributed by atoms with Gasteiger partial charge in [-0.05, 0) is 6.92 Å². The summed E-state index contributed by atoms with van der Waals surface area (Å²) in [6, 6.07) is 0. The highest BCUT2D eigenvalue weighted by atomic mass is 16.6. The first-order valence-corrected chi connectivity index (χ1v) is 15.5. The van der Waals surface area contributed by atoms with E-state index in [-0.39, 0.29) is 13.2 Å². The number of carbonyl (C=O) groups is 2. The van der Waals surface area contributed by atoms with Crippen LogP contribution in [0.4, 0.5) is 0 Å². The van der Waals surface area contributed by atoms with E-state index in [9.17, 15) is 9.59 Å². The highest BCUT2D eigenvalue weighted by Gasteiger charge is 2.02. The monoisotopic (exact) mass is 668 g/mol. The Labute approximate surface area is 273 Å². The van der Waals surface area contributed by atoms with Crippen molar-refractivity contribution in [3.63, 3.8) is 0 Å². The van der Waals surface area contributed by atoms with Gasteiger partial charge in [0.1, 0.15) is 13.2 Å². The molecule has 0 rings (SSSR count). The molecule has 0 aliphatic carbocycles. The van der Waals surface area contributed by atoms with E-state index in [1.165, 1.54) is 0 Å². The van der Waals surface area contributed by atoms with Crippen LogP contribution in [0, 0.1) is 0 Å². The summed E-state index contributed by atoms with van der Waals surface area (Å²) in [6.07, 6.45) is 1.11. The Hall–Kier alpha value is -2.02. The Balaban J connectivity index is 3.08. The second kappa shape index (κ2) is 37.4. The van der Waals surface area contributed by atoms with Crippen LogP contribution in [0.15, 0.2) is 24.8 Å². The van der Waals surface area contributed by atoms with E-state index in [4.69, 9.17) is 61.6 Å². The molecule has 15 heteroatoms. The van der Waals surface area contributed by atoms with Gasteiger partial charge in [0, 0.05) is 11.6 Å². The van der Waals surface area contributed by atoms with Gasteiger partial charge in [-0.15, -0.1) is 0 Å². The molecular weight excluding hydrogens is 612 g/mol. The number of hydrogen-bond acceptors (Lipinski definition) is 15. The Bertz CT molecular complexity index is 707. The molecule has 0 aromatic heterocycles. The number of hydrogen-bond donors (Lipinski definition) is 0. The standard InChI is InChI=1S/C31H56O15/c1-4-30(32)45-27-25-43-23-21-41-19-17-39-15-13-37-11-9-35-7-5-34-6-8-36-10-12-38-14-16-40-18-20-42-22-24-44-26-28-46-31(33)29(2)3/h4H,1-2,5-28H2,3H3. The Morgan fingerprint density at radius 1 is 0.391 bits per heavy atom. The summed E-state index contributed by atoms with van der Waals surface area (Å²) >= 11 is 0. The fourth-order valence-corrected chi connectivity index (χ4v) is 2.88. The van der Waals surface area contributed by atoms with Gasteiger partial charge in [-0.25, -0.2) is 9.59 Å². The molecule has 0 fully saturated rings. The van der Waals surface area contributed by atoms with E-state index in [0.717, 1.165) is 6.08 Å². The largest absolute Gasteiger partial charge is 0.460 e. The van der Waals surface area contributed by atoms with Crippen LogP contribution in [-0.2, 0) is 71.2 Å². The van der Waals surface area contributed by atoms with Crippen LogP contribution < -0.4 is 0 Å². The minimum absolute atomic E-state index is 0.193. The van der Waals surface area contributed by atoms with Crippen LogP contribution in [0.5, 0.6) is 0 Å². The summed E-state index contributed by atoms with van der Waals surface area (Å²) in [5, 5.41) is 0. The fraction of sp³-hybridized carbons (Fsp3) is 0.806. The maximum Gasteiger partial charge on any atom is 0.333 e. The summed E-state index contributed by atoms with van der Waals surface area (Å²) in [5.74, 6) is -0.880. The van der Waals surface area contributed by atoms with Gasteiger partial charge in [0.2, 0.25) is 0 Å². The molecule has 0 radical (unpaired) electrons. The highest BCUT2D eigenvalue weighted by molar-refractivity contribution is 5.86. The van der Waals surface area contributed by atoms with Gasteiger partial charge in [0.25, 0.3) is 0 Å². The average molecular weight is 669 g/mol. The minimum atomic E-state index is -0.463. The molecule has 0 spiro atoms. The van der Waals surface area contributed by atoms with Gasteiger partial charge in [0.05, 0.1) is 145 Å². The molecule has 15 nitrogen and oxygen atoms in total. The SMILES string of the molecule is C=CC(=O)OCCOCCOCCOCCOCCOCCOCCOCCOCCOCCOCCOCCOC(=O)C(=C)C. The minimum Gasteiger partial charge on any atom is -0.460 e. The fourth-order valence-electron chi connectivity index (χ4n) is 2.88. The second-order valence-corrected chi connectivity index (χ2v) is 9.02. The maximum absolute atomic E-state index is 11.2. The molecule has 0 aromatic rings. The quantitative estimate of drug-likeness (QED) is 0.0522. The first-order chi connectivity index (χ1) is 22.6. The van der Waals surface area contributed by atoms with E-state index < -0.39 is 11.9 Å². The molecule has 0 unspecified atom stereocenters. The van der Waals surface area contributed by atoms with Crippen molar-refractivity contribution < 1.29 is 71.2 Å². The molecule has 0 bridgehead atoms. The molecule has 0 aromatic carbocycles. The van der Waals surface area contributed by atoms with Gasteiger partial charge >= 0.3 is 11.9 Å². The van der Waals surface area contributed by atoms with Crippen LogP contribution in [0.25, 0.3) is 0 Å². The summed E-state index contributed by atoms with van der Waals surface area (Å²) in [7, 11) is 0. The Morgan fingerprint density at radius 2 is 0.587 bits per heavy atom. The van der Waals surface area contributed by atoms with E-state index in [0.29, 0.717) is 151 Å². The maximum atomic E-state index is 11.2. The van der Waals surface area contributed by atoms with Crippen molar-refractivity contribution in [2.45, 2.75) is 6.92 Å². The zero-order valence-electron chi connectivity index (χ0n) is 27.6. The van der Waals surface area contributed by atoms with E-state index in [1.54, 1.807) is 6.92 Å².